The van der Waals surface area contributed by atoms with Gasteiger partial charge in [-0.1, -0.05) is 24.3 Å². The number of nitrogens with one attached hydrogen (secondary N) is 1. The molecule has 7 heteroatoms. The third-order valence-electron chi connectivity index (χ3n) is 3.87. The number of hydrogen-bond donors (Lipinski definition) is 1. The number of anilines is 1. The molecule has 3 aromatic rings. The summed E-state index contributed by atoms with van der Waals surface area (Å²) in [5.74, 6) is 0.252. The van der Waals surface area contributed by atoms with Gasteiger partial charge in [-0.3, -0.25) is 4.79 Å². The Balaban J connectivity index is 1.68. The average Bonchev–Trinajstić information content (AvgIpc) is 2.66. The highest BCUT2D eigenvalue weighted by molar-refractivity contribution is 6.02. The Labute approximate surface area is 159 Å². The fraction of sp³-hybridized carbons (Fsp3) is 0.0952. The summed E-state index contributed by atoms with van der Waals surface area (Å²) in [6.07, 6.45) is -0.000207. The molecule has 0 saturated heterocycles. The normalized spacial score (nSPS) is 11.6. The van der Waals surface area contributed by atoms with Crippen molar-refractivity contribution in [1.82, 2.24) is 9.97 Å². The molecule has 4 nitrogen and oxygen atoms in total. The highest BCUT2D eigenvalue weighted by Gasteiger charge is 2.29. The lowest BCUT2D eigenvalue weighted by atomic mass is 10.1. The third kappa shape index (κ3) is 5.03. The molecule has 0 saturated carbocycles. The van der Waals surface area contributed by atoms with E-state index < -0.39 is 17.6 Å². The minimum atomic E-state index is -4.38. The summed E-state index contributed by atoms with van der Waals surface area (Å²) in [6, 6.07) is 13.5. The number of alkyl halides is 3. The number of aryl methyl sites for hydroxylation is 1. The van der Waals surface area contributed by atoms with Gasteiger partial charge < -0.3 is 5.32 Å². The van der Waals surface area contributed by atoms with Crippen molar-refractivity contribution in [1.29, 1.82) is 0 Å². The van der Waals surface area contributed by atoms with Crippen molar-refractivity contribution >= 4 is 17.7 Å². The Kier molecular flexibility index (Phi) is 5.54. The van der Waals surface area contributed by atoms with Crippen LogP contribution in [0.25, 0.3) is 17.3 Å². The SMILES string of the molecule is Cc1nccc(-c2cccc(NC(=O)/C=C/c3ccc(C(F)(F)F)cc3)c2)n1. The summed E-state index contributed by atoms with van der Waals surface area (Å²) in [4.78, 5) is 20.5. The van der Waals surface area contributed by atoms with Crippen LogP contribution in [0.15, 0.2) is 66.9 Å². The summed E-state index contributed by atoms with van der Waals surface area (Å²) in [5, 5.41) is 2.72. The molecule has 2 aromatic carbocycles. The van der Waals surface area contributed by atoms with Crippen molar-refractivity contribution in [2.75, 3.05) is 5.32 Å². The van der Waals surface area contributed by atoms with Crippen LogP contribution in [0.3, 0.4) is 0 Å². The molecule has 28 heavy (non-hydrogen) atoms. The molecule has 3 rings (SSSR count). The number of amides is 1. The van der Waals surface area contributed by atoms with Crippen LogP contribution in [-0.2, 0) is 11.0 Å². The van der Waals surface area contributed by atoms with Crippen LogP contribution in [0.2, 0.25) is 0 Å². The van der Waals surface area contributed by atoms with Crippen molar-refractivity contribution in [3.05, 3.63) is 83.8 Å². The van der Waals surface area contributed by atoms with Gasteiger partial charge in [0.1, 0.15) is 5.82 Å². The van der Waals surface area contributed by atoms with E-state index in [9.17, 15) is 18.0 Å². The van der Waals surface area contributed by atoms with Crippen molar-refractivity contribution in [2.24, 2.45) is 0 Å². The zero-order valence-corrected chi connectivity index (χ0v) is 14.9. The molecule has 0 aliphatic carbocycles. The number of rotatable bonds is 4. The topological polar surface area (TPSA) is 54.9 Å². The Hall–Kier alpha value is -3.48. The van der Waals surface area contributed by atoms with Gasteiger partial charge >= 0.3 is 6.18 Å². The van der Waals surface area contributed by atoms with Gasteiger partial charge in [-0.05, 0) is 48.9 Å². The van der Waals surface area contributed by atoms with Crippen LogP contribution < -0.4 is 5.32 Å². The number of aromatic nitrogens is 2. The molecular weight excluding hydrogens is 367 g/mol. The maximum Gasteiger partial charge on any atom is 0.416 e. The second kappa shape index (κ2) is 8.04. The predicted molar refractivity (Wildman–Crippen MR) is 101 cm³/mol. The molecule has 0 unspecified atom stereocenters. The van der Waals surface area contributed by atoms with E-state index in [4.69, 9.17) is 0 Å². The summed E-state index contributed by atoms with van der Waals surface area (Å²) in [7, 11) is 0. The zero-order valence-electron chi connectivity index (χ0n) is 14.9. The average molecular weight is 383 g/mol. The van der Waals surface area contributed by atoms with Crippen molar-refractivity contribution in [3.63, 3.8) is 0 Å². The van der Waals surface area contributed by atoms with Gasteiger partial charge in [0.15, 0.2) is 0 Å². The van der Waals surface area contributed by atoms with Gasteiger partial charge in [0.2, 0.25) is 5.91 Å². The molecule has 1 aromatic heterocycles. The lowest BCUT2D eigenvalue weighted by Gasteiger charge is -2.07. The van der Waals surface area contributed by atoms with Crippen LogP contribution in [0.1, 0.15) is 17.0 Å². The Bertz CT molecular complexity index is 1010. The molecule has 142 valence electrons. The minimum absolute atomic E-state index is 0.393. The molecule has 1 N–H and O–H groups in total. The van der Waals surface area contributed by atoms with Gasteiger partial charge in [-0.2, -0.15) is 13.2 Å². The number of halogens is 3. The second-order valence-electron chi connectivity index (χ2n) is 6.01. The molecule has 0 bridgehead atoms. The van der Waals surface area contributed by atoms with Gasteiger partial charge in [-0.25, -0.2) is 9.97 Å². The van der Waals surface area contributed by atoms with E-state index in [-0.39, 0.29) is 0 Å². The summed E-state index contributed by atoms with van der Waals surface area (Å²) in [6.45, 7) is 1.79. The lowest BCUT2D eigenvalue weighted by Crippen LogP contribution is -2.07. The van der Waals surface area contributed by atoms with Crippen LogP contribution in [0, 0.1) is 6.92 Å². The standard InChI is InChI=1S/C21H16F3N3O/c1-14-25-12-11-19(26-14)16-3-2-4-18(13-16)27-20(28)10-7-15-5-8-17(9-6-15)21(22,23)24/h2-13H,1H3,(H,27,28)/b10-7+. The van der Waals surface area contributed by atoms with E-state index in [0.717, 1.165) is 23.4 Å². The molecular formula is C21H16F3N3O. The Morgan fingerprint density at radius 1 is 1.07 bits per heavy atom. The summed E-state index contributed by atoms with van der Waals surface area (Å²) < 4.78 is 37.7. The van der Waals surface area contributed by atoms with Crippen molar-refractivity contribution in [2.45, 2.75) is 13.1 Å². The third-order valence-corrected chi connectivity index (χ3v) is 3.87. The van der Waals surface area contributed by atoms with E-state index in [0.29, 0.717) is 17.1 Å². The molecule has 0 aliphatic heterocycles. The fourth-order valence-corrected chi connectivity index (χ4v) is 2.51. The monoisotopic (exact) mass is 383 g/mol. The summed E-state index contributed by atoms with van der Waals surface area (Å²) >= 11 is 0. The fourth-order valence-electron chi connectivity index (χ4n) is 2.51. The highest BCUT2D eigenvalue weighted by Crippen LogP contribution is 2.29. The number of carbonyl (C=O) groups is 1. The van der Waals surface area contributed by atoms with Crippen LogP contribution in [0.5, 0.6) is 0 Å². The number of nitrogens with zero attached hydrogens (tertiary/aromatic N) is 2. The van der Waals surface area contributed by atoms with Crippen LogP contribution in [-0.4, -0.2) is 15.9 Å². The maximum atomic E-state index is 12.6. The molecule has 0 fully saturated rings. The number of carbonyl (C=O) groups excluding carboxylic acids is 1. The smallest absolute Gasteiger partial charge is 0.322 e. The van der Waals surface area contributed by atoms with Crippen LogP contribution in [0.4, 0.5) is 18.9 Å². The van der Waals surface area contributed by atoms with E-state index in [1.54, 1.807) is 37.4 Å². The molecule has 0 atom stereocenters. The zero-order chi connectivity index (χ0) is 20.1. The first-order valence-electron chi connectivity index (χ1n) is 8.38. The van der Waals surface area contributed by atoms with E-state index in [2.05, 4.69) is 15.3 Å². The van der Waals surface area contributed by atoms with Gasteiger partial charge in [0.05, 0.1) is 11.3 Å². The Morgan fingerprint density at radius 3 is 2.50 bits per heavy atom. The van der Waals surface area contributed by atoms with E-state index in [1.807, 2.05) is 6.07 Å². The number of hydrogen-bond acceptors (Lipinski definition) is 3. The van der Waals surface area contributed by atoms with Crippen molar-refractivity contribution < 1.29 is 18.0 Å². The lowest BCUT2D eigenvalue weighted by molar-refractivity contribution is -0.137. The minimum Gasteiger partial charge on any atom is -0.322 e. The summed E-state index contributed by atoms with van der Waals surface area (Å²) in [5.41, 5.74) is 1.91. The predicted octanol–water partition coefficient (Wildman–Crippen LogP) is 5.12. The van der Waals surface area contributed by atoms with Gasteiger partial charge in [0, 0.05) is 23.5 Å². The first kappa shape index (κ1) is 19.3. The molecule has 0 aliphatic rings. The van der Waals surface area contributed by atoms with E-state index in [1.165, 1.54) is 24.3 Å². The maximum absolute atomic E-state index is 12.6. The van der Waals surface area contributed by atoms with Gasteiger partial charge in [-0.15, -0.1) is 0 Å². The van der Waals surface area contributed by atoms with Crippen LogP contribution >= 0.6 is 0 Å². The quantitative estimate of drug-likeness (QED) is 0.636. The second-order valence-corrected chi connectivity index (χ2v) is 6.01. The van der Waals surface area contributed by atoms with Gasteiger partial charge in [0.25, 0.3) is 0 Å². The largest absolute Gasteiger partial charge is 0.416 e. The first-order chi connectivity index (χ1) is 13.3. The van der Waals surface area contributed by atoms with E-state index >= 15 is 0 Å². The highest BCUT2D eigenvalue weighted by atomic mass is 19.4. The number of benzene rings is 2. The molecule has 1 heterocycles. The first-order valence-corrected chi connectivity index (χ1v) is 8.38. The molecule has 0 radical (unpaired) electrons. The van der Waals surface area contributed by atoms with Crippen molar-refractivity contribution in [3.8, 4) is 11.3 Å². The molecule has 1 amide bonds. The Morgan fingerprint density at radius 2 is 1.82 bits per heavy atom. The molecule has 0 spiro atoms.